The van der Waals surface area contributed by atoms with Crippen molar-refractivity contribution in [1.29, 1.82) is 5.26 Å². The lowest BCUT2D eigenvalue weighted by molar-refractivity contribution is 0.365. The van der Waals surface area contributed by atoms with E-state index in [1.807, 2.05) is 76.3 Å². The predicted octanol–water partition coefficient (Wildman–Crippen LogP) is 7.15. The summed E-state index contributed by atoms with van der Waals surface area (Å²) in [5.41, 5.74) is 10.0. The normalized spacial score (nSPS) is 15.7. The van der Waals surface area contributed by atoms with Crippen LogP contribution in [0.5, 0.6) is 0 Å². The smallest absolute Gasteiger partial charge is 0.167 e. The zero-order valence-corrected chi connectivity index (χ0v) is 26.5. The predicted molar refractivity (Wildman–Crippen MR) is 183 cm³/mol. The fourth-order valence-electron chi connectivity index (χ4n) is 7.07. The number of hydrogen-bond donors (Lipinski definition) is 1. The molecule has 2 N–H and O–H groups in total. The Labute approximate surface area is 274 Å². The highest BCUT2D eigenvalue weighted by molar-refractivity contribution is 5.92. The molecule has 1 saturated heterocycles. The van der Waals surface area contributed by atoms with Crippen LogP contribution in [0, 0.1) is 29.0 Å². The van der Waals surface area contributed by atoms with Gasteiger partial charge in [-0.3, -0.25) is 0 Å². The van der Waals surface area contributed by atoms with Gasteiger partial charge in [-0.05, 0) is 53.1 Å². The van der Waals surface area contributed by atoms with Gasteiger partial charge < -0.3 is 10.6 Å². The fourth-order valence-corrected chi connectivity index (χ4v) is 7.07. The average Bonchev–Trinajstić information content (AvgIpc) is 3.76. The van der Waals surface area contributed by atoms with Gasteiger partial charge in [-0.25, -0.2) is 19.0 Å². The van der Waals surface area contributed by atoms with Gasteiger partial charge in [0.05, 0.1) is 5.56 Å². The summed E-state index contributed by atoms with van der Waals surface area (Å²) >= 11 is 0. The Hall–Kier alpha value is -5.39. The molecule has 2 unspecified atom stereocenters. The number of nitrogens with two attached hydrogens (primary N) is 1. The summed E-state index contributed by atoms with van der Waals surface area (Å²) in [5.74, 6) is 0.224. The van der Waals surface area contributed by atoms with Crippen molar-refractivity contribution < 1.29 is 4.39 Å². The van der Waals surface area contributed by atoms with Gasteiger partial charge >= 0.3 is 0 Å². The van der Waals surface area contributed by atoms with E-state index in [0.29, 0.717) is 41.4 Å². The van der Waals surface area contributed by atoms with Crippen molar-refractivity contribution >= 4 is 16.9 Å². The number of benzene rings is 3. The Bertz CT molecular complexity index is 1960. The molecule has 3 aromatic carbocycles. The van der Waals surface area contributed by atoms with E-state index < -0.39 is 11.4 Å². The first kappa shape index (κ1) is 30.3. The maximum Gasteiger partial charge on any atom is 0.167 e. The Morgan fingerprint density at radius 1 is 0.872 bits per heavy atom. The van der Waals surface area contributed by atoms with Gasteiger partial charge in [0.15, 0.2) is 17.3 Å². The van der Waals surface area contributed by atoms with Crippen LogP contribution >= 0.6 is 0 Å². The first-order valence-electron chi connectivity index (χ1n) is 16.1. The minimum Gasteiger partial charge on any atom is -0.354 e. The van der Waals surface area contributed by atoms with Crippen molar-refractivity contribution in [3.8, 4) is 17.5 Å². The third-order valence-electron chi connectivity index (χ3n) is 9.48. The molecule has 0 bridgehead atoms. The van der Waals surface area contributed by atoms with Gasteiger partial charge in [0.2, 0.25) is 0 Å². The molecule has 47 heavy (non-hydrogen) atoms. The van der Waals surface area contributed by atoms with E-state index in [1.54, 1.807) is 6.20 Å². The van der Waals surface area contributed by atoms with Gasteiger partial charge in [0.1, 0.15) is 23.0 Å². The molecule has 234 valence electrons. The number of aromatic nitrogens is 4. The van der Waals surface area contributed by atoms with Crippen LogP contribution in [0.4, 0.5) is 10.2 Å². The van der Waals surface area contributed by atoms with E-state index in [9.17, 15) is 5.26 Å². The molecule has 1 fully saturated rings. The molecule has 7 nitrogen and oxygen atoms in total. The van der Waals surface area contributed by atoms with Crippen LogP contribution in [0.2, 0.25) is 0 Å². The van der Waals surface area contributed by atoms with Crippen LogP contribution in [-0.2, 0) is 5.54 Å². The Balaban J connectivity index is 1.49. The van der Waals surface area contributed by atoms with Crippen molar-refractivity contribution in [2.45, 2.75) is 31.8 Å². The molecule has 0 aliphatic carbocycles. The number of pyridine rings is 2. The molecular formula is C39H36FN7. The van der Waals surface area contributed by atoms with Crippen molar-refractivity contribution in [3.05, 3.63) is 143 Å². The second kappa shape index (κ2) is 12.4. The van der Waals surface area contributed by atoms with Crippen molar-refractivity contribution in [2.75, 3.05) is 18.0 Å². The standard InChI is InChI=1S/C39H36FN7/c1-26(2)34(42)27-20-22-46(25-27)38-33(40)23-28(24-41)35(44-38)36-32-19-12-21-43-37(32)47(45-36)39(29-13-6-3-7-14-29,30-15-8-4-9-16-30)31-17-10-5-11-18-31/h3-19,21,23,26-27,34H,20,22,25,42H2,1-2H3. The summed E-state index contributed by atoms with van der Waals surface area (Å²) in [6.45, 7) is 5.46. The first-order valence-corrected chi connectivity index (χ1v) is 16.1. The number of nitrogens with zero attached hydrogens (tertiary/aromatic N) is 6. The fraction of sp³-hybridized carbons (Fsp3) is 0.231. The van der Waals surface area contributed by atoms with E-state index >= 15 is 4.39 Å². The molecule has 8 heteroatoms. The van der Waals surface area contributed by atoms with E-state index in [4.69, 9.17) is 20.8 Å². The van der Waals surface area contributed by atoms with E-state index in [2.05, 4.69) is 56.3 Å². The Morgan fingerprint density at radius 2 is 1.47 bits per heavy atom. The third kappa shape index (κ3) is 5.13. The lowest BCUT2D eigenvalue weighted by Gasteiger charge is -2.36. The molecule has 6 aromatic rings. The minimum absolute atomic E-state index is 0.00807. The quantitative estimate of drug-likeness (QED) is 0.181. The summed E-state index contributed by atoms with van der Waals surface area (Å²) in [6, 6.07) is 37.9. The monoisotopic (exact) mass is 621 g/mol. The number of nitriles is 1. The van der Waals surface area contributed by atoms with Crippen LogP contribution in [0.1, 0.15) is 42.5 Å². The lowest BCUT2D eigenvalue weighted by Crippen LogP contribution is -2.38. The lowest BCUT2D eigenvalue weighted by atomic mass is 9.77. The number of fused-ring (bicyclic) bond motifs is 1. The Kier molecular flexibility index (Phi) is 8.00. The summed E-state index contributed by atoms with van der Waals surface area (Å²) in [7, 11) is 0. The van der Waals surface area contributed by atoms with Crippen LogP contribution in [-0.4, -0.2) is 38.9 Å². The number of halogens is 1. The zero-order chi connectivity index (χ0) is 32.5. The molecule has 1 aliphatic heterocycles. The highest BCUT2D eigenvalue weighted by atomic mass is 19.1. The third-order valence-corrected chi connectivity index (χ3v) is 9.48. The SMILES string of the molecule is CC(C)C(N)C1CCN(c2nc(-c3nn(C(c4ccccc4)(c4ccccc4)c4ccccc4)c4ncccc34)c(C#N)cc2F)C1. The molecule has 2 atom stereocenters. The summed E-state index contributed by atoms with van der Waals surface area (Å²) < 4.78 is 17.7. The summed E-state index contributed by atoms with van der Waals surface area (Å²) in [5, 5.41) is 16.3. The number of rotatable bonds is 8. The van der Waals surface area contributed by atoms with Crippen LogP contribution in [0.15, 0.2) is 115 Å². The van der Waals surface area contributed by atoms with E-state index in [1.165, 1.54) is 6.07 Å². The summed E-state index contributed by atoms with van der Waals surface area (Å²) in [4.78, 5) is 11.7. The minimum atomic E-state index is -0.945. The molecule has 3 aromatic heterocycles. The maximum atomic E-state index is 15.7. The van der Waals surface area contributed by atoms with Gasteiger partial charge in [0.25, 0.3) is 0 Å². The van der Waals surface area contributed by atoms with Gasteiger partial charge in [0, 0.05) is 30.7 Å². The van der Waals surface area contributed by atoms with Crippen LogP contribution in [0.3, 0.4) is 0 Å². The van der Waals surface area contributed by atoms with E-state index in [0.717, 1.165) is 23.1 Å². The van der Waals surface area contributed by atoms with Crippen molar-refractivity contribution in [2.24, 2.45) is 17.6 Å². The highest BCUT2D eigenvalue weighted by Gasteiger charge is 2.42. The molecule has 0 spiro atoms. The van der Waals surface area contributed by atoms with Crippen LogP contribution < -0.4 is 10.6 Å². The molecular weight excluding hydrogens is 585 g/mol. The van der Waals surface area contributed by atoms with Gasteiger partial charge in [-0.15, -0.1) is 0 Å². The first-order chi connectivity index (χ1) is 22.9. The Morgan fingerprint density at radius 3 is 2.02 bits per heavy atom. The van der Waals surface area contributed by atoms with Crippen LogP contribution in [0.25, 0.3) is 22.4 Å². The maximum absolute atomic E-state index is 15.7. The molecule has 0 amide bonds. The largest absolute Gasteiger partial charge is 0.354 e. The number of anilines is 1. The summed E-state index contributed by atoms with van der Waals surface area (Å²) in [6.07, 6.45) is 2.60. The molecule has 0 radical (unpaired) electrons. The second-order valence-electron chi connectivity index (χ2n) is 12.6. The topological polar surface area (TPSA) is 96.7 Å². The number of hydrogen-bond acceptors (Lipinski definition) is 6. The molecule has 1 aliphatic rings. The van der Waals surface area contributed by atoms with Gasteiger partial charge in [-0.2, -0.15) is 10.4 Å². The zero-order valence-electron chi connectivity index (χ0n) is 26.5. The molecule has 4 heterocycles. The van der Waals surface area contributed by atoms with Gasteiger partial charge in [-0.1, -0.05) is 105 Å². The second-order valence-corrected chi connectivity index (χ2v) is 12.6. The highest BCUT2D eigenvalue weighted by Crippen LogP contribution is 2.44. The van der Waals surface area contributed by atoms with Crippen molar-refractivity contribution in [1.82, 2.24) is 19.7 Å². The van der Waals surface area contributed by atoms with E-state index in [-0.39, 0.29) is 23.3 Å². The average molecular weight is 622 g/mol. The molecule has 0 saturated carbocycles. The van der Waals surface area contributed by atoms with Crippen molar-refractivity contribution in [3.63, 3.8) is 0 Å². The molecule has 7 rings (SSSR count).